The highest BCUT2D eigenvalue weighted by molar-refractivity contribution is 7.90. The zero-order chi connectivity index (χ0) is 25.8. The molecule has 0 aromatic heterocycles. The molecule has 0 aliphatic rings. The lowest BCUT2D eigenvalue weighted by molar-refractivity contribution is 0.324. The maximum Gasteiger partial charge on any atom is 0.203 e. The van der Waals surface area contributed by atoms with Crippen LogP contribution in [-0.2, 0) is 15.6 Å². The lowest BCUT2D eigenvalue weighted by Gasteiger charge is -2.15. The van der Waals surface area contributed by atoms with E-state index >= 15 is 0 Å². The second-order valence-electron chi connectivity index (χ2n) is 7.31. The van der Waals surface area contributed by atoms with Crippen molar-refractivity contribution in [2.24, 2.45) is 0 Å². The van der Waals surface area contributed by atoms with Gasteiger partial charge in [0.15, 0.2) is 32.8 Å². The van der Waals surface area contributed by atoms with Crippen LogP contribution in [0.2, 0.25) is 10.0 Å². The van der Waals surface area contributed by atoms with Gasteiger partial charge < -0.3 is 24.1 Å². The van der Waals surface area contributed by atoms with Gasteiger partial charge in [0.05, 0.1) is 49.1 Å². The minimum Gasteiger partial charge on any atom is -0.504 e. The highest BCUT2D eigenvalue weighted by Crippen LogP contribution is 2.40. The molecule has 0 aliphatic heterocycles. The number of hydrogen-bond donors (Lipinski definition) is 1. The zero-order valence-corrected chi connectivity index (χ0v) is 21.8. The Balaban J connectivity index is 2.08. The van der Waals surface area contributed by atoms with Gasteiger partial charge in [0.25, 0.3) is 0 Å². The molecule has 0 amide bonds. The second-order valence-corrected chi connectivity index (χ2v) is 10.1. The molecule has 35 heavy (non-hydrogen) atoms. The number of phenols is 1. The summed E-state index contributed by atoms with van der Waals surface area (Å²) in [6, 6.07) is 10.6. The number of hydrogen-bond acceptors (Lipinski definition) is 7. The molecule has 0 spiro atoms. The fourth-order valence-corrected chi connectivity index (χ4v) is 5.27. The number of aromatic hydroxyl groups is 1. The first-order valence-electron chi connectivity index (χ1n) is 10.2. The number of rotatable bonds is 9. The molecule has 0 radical (unpaired) electrons. The Morgan fingerprint density at radius 3 is 1.97 bits per heavy atom. The van der Waals surface area contributed by atoms with Crippen LogP contribution in [0.4, 0.5) is 0 Å². The van der Waals surface area contributed by atoms with Crippen molar-refractivity contribution in [1.29, 1.82) is 0 Å². The molecule has 0 unspecified atom stereocenters. The third-order valence-corrected chi connectivity index (χ3v) is 7.59. The Bertz CT molecular complexity index is 1340. The first-order valence-corrected chi connectivity index (χ1v) is 12.6. The molecule has 0 fully saturated rings. The predicted octanol–water partition coefficient (Wildman–Crippen LogP) is 5.88. The van der Waals surface area contributed by atoms with Crippen LogP contribution >= 0.6 is 23.2 Å². The average molecular weight is 539 g/mol. The minimum atomic E-state index is -3.86. The van der Waals surface area contributed by atoms with Crippen molar-refractivity contribution in [2.45, 2.75) is 10.6 Å². The van der Waals surface area contributed by atoms with Crippen LogP contribution in [0.1, 0.15) is 16.7 Å². The topological polar surface area (TPSA) is 91.3 Å². The molecule has 0 atom stereocenters. The molecule has 0 saturated heterocycles. The van der Waals surface area contributed by atoms with E-state index in [4.69, 9.17) is 42.1 Å². The van der Waals surface area contributed by atoms with Crippen LogP contribution in [0.3, 0.4) is 0 Å². The van der Waals surface area contributed by atoms with E-state index in [1.165, 1.54) is 52.7 Å². The van der Waals surface area contributed by atoms with Crippen LogP contribution in [0, 0.1) is 0 Å². The molecule has 1 N–H and O–H groups in total. The van der Waals surface area contributed by atoms with Gasteiger partial charge >= 0.3 is 0 Å². The van der Waals surface area contributed by atoms with E-state index in [1.807, 2.05) is 0 Å². The summed E-state index contributed by atoms with van der Waals surface area (Å²) in [5.74, 6) is 0.816. The monoisotopic (exact) mass is 538 g/mol. The van der Waals surface area contributed by atoms with E-state index in [0.717, 1.165) is 0 Å². The van der Waals surface area contributed by atoms with Crippen molar-refractivity contribution in [3.63, 3.8) is 0 Å². The van der Waals surface area contributed by atoms with Gasteiger partial charge in [0.1, 0.15) is 0 Å². The molecular formula is C25H24Cl2O7S. The quantitative estimate of drug-likeness (QED) is 0.340. The van der Waals surface area contributed by atoms with Crippen molar-refractivity contribution in [3.05, 3.63) is 69.2 Å². The highest BCUT2D eigenvalue weighted by Gasteiger charge is 2.23. The Labute approximate surface area is 214 Å². The van der Waals surface area contributed by atoms with Crippen LogP contribution in [0.15, 0.2) is 47.4 Å². The summed E-state index contributed by atoms with van der Waals surface area (Å²) in [4.78, 5) is -0.00291. The highest BCUT2D eigenvalue weighted by atomic mass is 35.5. The fraction of sp³-hybridized carbons (Fsp3) is 0.200. The average Bonchev–Trinajstić information content (AvgIpc) is 2.84. The fourth-order valence-electron chi connectivity index (χ4n) is 3.49. The van der Waals surface area contributed by atoms with Crippen molar-refractivity contribution in [2.75, 3.05) is 28.4 Å². The van der Waals surface area contributed by atoms with Gasteiger partial charge in [-0.1, -0.05) is 41.4 Å². The van der Waals surface area contributed by atoms with Gasteiger partial charge in [-0.2, -0.15) is 0 Å². The molecule has 3 aromatic rings. The Morgan fingerprint density at radius 2 is 1.43 bits per heavy atom. The molecular weight excluding hydrogens is 515 g/mol. The van der Waals surface area contributed by atoms with Gasteiger partial charge in [-0.05, 0) is 47.5 Å². The number of halogens is 2. The number of benzene rings is 3. The second kappa shape index (κ2) is 11.1. The Morgan fingerprint density at radius 1 is 0.800 bits per heavy atom. The van der Waals surface area contributed by atoms with Gasteiger partial charge in [-0.3, -0.25) is 0 Å². The SMILES string of the molecule is COc1cc(/C=C\c2ccc(O)c(OC)c2CS(=O)(=O)c2ccc(Cl)c(Cl)c2)cc(OC)c1OC. The number of ether oxygens (including phenoxy) is 4. The summed E-state index contributed by atoms with van der Waals surface area (Å²) in [5.41, 5.74) is 1.52. The van der Waals surface area contributed by atoms with Gasteiger partial charge in [0.2, 0.25) is 5.75 Å². The van der Waals surface area contributed by atoms with E-state index in [2.05, 4.69) is 0 Å². The van der Waals surface area contributed by atoms with Crippen LogP contribution in [0.25, 0.3) is 12.2 Å². The molecule has 10 heteroatoms. The van der Waals surface area contributed by atoms with Crippen molar-refractivity contribution in [3.8, 4) is 28.7 Å². The molecule has 7 nitrogen and oxygen atoms in total. The molecule has 0 aliphatic carbocycles. The lowest BCUT2D eigenvalue weighted by atomic mass is 10.0. The normalized spacial score (nSPS) is 11.5. The minimum absolute atomic E-state index is 0.00291. The van der Waals surface area contributed by atoms with Crippen LogP contribution < -0.4 is 18.9 Å². The maximum atomic E-state index is 13.2. The summed E-state index contributed by atoms with van der Waals surface area (Å²) in [5, 5.41) is 10.7. The van der Waals surface area contributed by atoms with Crippen molar-refractivity contribution in [1.82, 2.24) is 0 Å². The summed E-state index contributed by atoms with van der Waals surface area (Å²) >= 11 is 12.0. The standard InChI is InChI=1S/C25H24Cl2O7S/c1-31-22-11-15(12-23(32-2)25(22)34-4)5-6-16-7-10-21(28)24(33-3)18(16)14-35(29,30)17-8-9-19(26)20(27)13-17/h5-13,28H,14H2,1-4H3/b6-5-. The van der Waals surface area contributed by atoms with E-state index in [1.54, 1.807) is 30.4 Å². The molecule has 3 rings (SSSR count). The summed E-state index contributed by atoms with van der Waals surface area (Å²) in [6.45, 7) is 0. The molecule has 0 bridgehead atoms. The molecule has 3 aromatic carbocycles. The van der Waals surface area contributed by atoms with Gasteiger partial charge in [-0.15, -0.1) is 0 Å². The summed E-state index contributed by atoms with van der Waals surface area (Å²) in [7, 11) is 2.04. The molecule has 186 valence electrons. The first kappa shape index (κ1) is 26.5. The van der Waals surface area contributed by atoms with Crippen LogP contribution in [0.5, 0.6) is 28.7 Å². The number of phenolic OH excluding ortho intramolecular Hbond substituents is 1. The number of methoxy groups -OCH3 is 4. The van der Waals surface area contributed by atoms with Gasteiger partial charge in [-0.25, -0.2) is 8.42 Å². The molecule has 0 heterocycles. The van der Waals surface area contributed by atoms with E-state index in [-0.39, 0.29) is 32.0 Å². The first-order chi connectivity index (χ1) is 16.6. The summed E-state index contributed by atoms with van der Waals surface area (Å²) in [6.07, 6.45) is 3.47. The van der Waals surface area contributed by atoms with Crippen molar-refractivity contribution < 1.29 is 32.5 Å². The zero-order valence-electron chi connectivity index (χ0n) is 19.5. The van der Waals surface area contributed by atoms with E-state index < -0.39 is 15.6 Å². The van der Waals surface area contributed by atoms with E-state index in [0.29, 0.717) is 28.4 Å². The maximum absolute atomic E-state index is 13.2. The van der Waals surface area contributed by atoms with Gasteiger partial charge in [0, 0.05) is 5.56 Å². The van der Waals surface area contributed by atoms with E-state index in [9.17, 15) is 13.5 Å². The number of sulfone groups is 1. The smallest absolute Gasteiger partial charge is 0.203 e. The molecule has 0 saturated carbocycles. The largest absolute Gasteiger partial charge is 0.504 e. The Hall–Kier alpha value is -3.07. The summed E-state index contributed by atoms with van der Waals surface area (Å²) < 4.78 is 47.9. The lowest BCUT2D eigenvalue weighted by Crippen LogP contribution is -2.08. The third-order valence-electron chi connectivity index (χ3n) is 5.21. The van der Waals surface area contributed by atoms with Crippen molar-refractivity contribution >= 4 is 45.2 Å². The third kappa shape index (κ3) is 5.78. The van der Waals surface area contributed by atoms with Crippen LogP contribution in [-0.4, -0.2) is 42.0 Å². The Kier molecular flexibility index (Phi) is 8.43. The predicted molar refractivity (Wildman–Crippen MR) is 137 cm³/mol.